The maximum absolute atomic E-state index is 12.3. The molecule has 0 radical (unpaired) electrons. The maximum Gasteiger partial charge on any atom is 0.271 e. The summed E-state index contributed by atoms with van der Waals surface area (Å²) in [6.45, 7) is 3.83. The molecule has 2 heterocycles. The summed E-state index contributed by atoms with van der Waals surface area (Å²) in [6, 6.07) is 10.2. The summed E-state index contributed by atoms with van der Waals surface area (Å²) in [6.07, 6.45) is 2.95. The van der Waals surface area contributed by atoms with Crippen LogP contribution < -0.4 is 15.6 Å². The zero-order valence-corrected chi connectivity index (χ0v) is 15.9. The third kappa shape index (κ3) is 4.59. The zero-order valence-electron chi connectivity index (χ0n) is 15.9. The lowest BCUT2D eigenvalue weighted by Gasteiger charge is -2.15. The maximum atomic E-state index is 12.3. The highest BCUT2D eigenvalue weighted by Crippen LogP contribution is 2.19. The van der Waals surface area contributed by atoms with E-state index in [9.17, 15) is 9.59 Å². The number of nitrogens with one attached hydrogen (secondary N) is 1. The third-order valence-electron chi connectivity index (χ3n) is 4.09. The second-order valence-corrected chi connectivity index (χ2v) is 6.38. The number of carbonyl (C=O) groups is 1. The van der Waals surface area contributed by atoms with E-state index in [1.54, 1.807) is 27.0 Å². The van der Waals surface area contributed by atoms with Crippen molar-refractivity contribution >= 4 is 5.91 Å². The van der Waals surface area contributed by atoms with Crippen LogP contribution in [0.15, 0.2) is 53.6 Å². The third-order valence-corrected chi connectivity index (χ3v) is 4.09. The van der Waals surface area contributed by atoms with Gasteiger partial charge in [0, 0.05) is 23.9 Å². The van der Waals surface area contributed by atoms with Crippen molar-refractivity contribution in [1.29, 1.82) is 0 Å². The predicted molar refractivity (Wildman–Crippen MR) is 104 cm³/mol. The minimum Gasteiger partial charge on any atom is -0.497 e. The Morgan fingerprint density at radius 3 is 2.54 bits per heavy atom. The molecule has 1 N–H and O–H groups in total. The van der Waals surface area contributed by atoms with Crippen LogP contribution in [0.4, 0.5) is 0 Å². The molecule has 0 spiro atoms. The van der Waals surface area contributed by atoms with E-state index >= 15 is 0 Å². The molecule has 8 heteroatoms. The highest BCUT2D eigenvalue weighted by molar-refractivity contribution is 5.92. The Hall–Kier alpha value is -3.55. The Morgan fingerprint density at radius 1 is 1.14 bits per heavy atom. The molecule has 28 heavy (non-hydrogen) atoms. The second-order valence-electron chi connectivity index (χ2n) is 6.38. The predicted octanol–water partition coefficient (Wildman–Crippen LogP) is 1.84. The van der Waals surface area contributed by atoms with Gasteiger partial charge in [-0.2, -0.15) is 5.10 Å². The monoisotopic (exact) mass is 379 g/mol. The Kier molecular flexibility index (Phi) is 5.78. The van der Waals surface area contributed by atoms with E-state index in [4.69, 9.17) is 4.74 Å². The summed E-state index contributed by atoms with van der Waals surface area (Å²) < 4.78 is 6.49. The van der Waals surface area contributed by atoms with Crippen LogP contribution in [0.1, 0.15) is 23.1 Å². The normalized spacial score (nSPS) is 11.7. The lowest BCUT2D eigenvalue weighted by Crippen LogP contribution is -2.39. The average Bonchev–Trinajstić information content (AvgIpc) is 2.70. The number of carbonyl (C=O) groups excluding carboxylic acids is 1. The van der Waals surface area contributed by atoms with Gasteiger partial charge in [-0.15, -0.1) is 0 Å². The first-order chi connectivity index (χ1) is 13.5. The SMILES string of the molecule is COc1ccc(-c2ccc(=O)n(C[C@H](C)NC(=O)c3cnc(C)cn3)n2)cc1. The lowest BCUT2D eigenvalue weighted by molar-refractivity contribution is 0.0930. The Morgan fingerprint density at radius 2 is 1.89 bits per heavy atom. The van der Waals surface area contributed by atoms with Gasteiger partial charge in [0.15, 0.2) is 0 Å². The zero-order chi connectivity index (χ0) is 20.1. The number of amides is 1. The molecule has 144 valence electrons. The summed E-state index contributed by atoms with van der Waals surface area (Å²) in [5.41, 5.74) is 2.24. The number of methoxy groups -OCH3 is 1. The van der Waals surface area contributed by atoms with Crippen LogP contribution in [-0.2, 0) is 6.54 Å². The van der Waals surface area contributed by atoms with Crippen molar-refractivity contribution in [3.05, 3.63) is 70.5 Å². The van der Waals surface area contributed by atoms with Gasteiger partial charge in [0.2, 0.25) is 0 Å². The summed E-state index contributed by atoms with van der Waals surface area (Å²) in [5, 5.41) is 7.22. The van der Waals surface area contributed by atoms with Crippen LogP contribution in [-0.4, -0.2) is 38.8 Å². The number of benzene rings is 1. The molecule has 0 saturated heterocycles. The molecule has 2 aromatic heterocycles. The van der Waals surface area contributed by atoms with Crippen LogP contribution in [0.25, 0.3) is 11.3 Å². The Labute approximate surface area is 162 Å². The lowest BCUT2D eigenvalue weighted by atomic mass is 10.1. The van der Waals surface area contributed by atoms with Crippen LogP contribution in [0, 0.1) is 6.92 Å². The van der Waals surface area contributed by atoms with Gasteiger partial charge >= 0.3 is 0 Å². The molecule has 0 fully saturated rings. The summed E-state index contributed by atoms with van der Waals surface area (Å²) in [4.78, 5) is 32.6. The Bertz CT molecular complexity index is 1010. The van der Waals surface area contributed by atoms with E-state index in [-0.39, 0.29) is 29.7 Å². The second kappa shape index (κ2) is 8.43. The van der Waals surface area contributed by atoms with Gasteiger partial charge in [0.05, 0.1) is 31.2 Å². The van der Waals surface area contributed by atoms with Gasteiger partial charge in [0.1, 0.15) is 11.4 Å². The molecular formula is C20H21N5O3. The molecule has 3 rings (SSSR count). The molecular weight excluding hydrogens is 358 g/mol. The van der Waals surface area contributed by atoms with E-state index in [0.29, 0.717) is 5.69 Å². The molecule has 1 atom stereocenters. The van der Waals surface area contributed by atoms with Crippen molar-refractivity contribution in [2.24, 2.45) is 0 Å². The van der Waals surface area contributed by atoms with Crippen molar-refractivity contribution in [3.63, 3.8) is 0 Å². The smallest absolute Gasteiger partial charge is 0.271 e. The molecule has 0 saturated carbocycles. The summed E-state index contributed by atoms with van der Waals surface area (Å²) >= 11 is 0. The summed E-state index contributed by atoms with van der Waals surface area (Å²) in [7, 11) is 1.60. The first-order valence-corrected chi connectivity index (χ1v) is 8.78. The average molecular weight is 379 g/mol. The van der Waals surface area contributed by atoms with E-state index in [1.807, 2.05) is 24.3 Å². The minimum absolute atomic E-state index is 0.227. The van der Waals surface area contributed by atoms with Gasteiger partial charge in [-0.3, -0.25) is 14.6 Å². The number of rotatable bonds is 6. The van der Waals surface area contributed by atoms with Gasteiger partial charge in [-0.1, -0.05) is 0 Å². The van der Waals surface area contributed by atoms with Crippen molar-refractivity contribution in [2.75, 3.05) is 7.11 Å². The van der Waals surface area contributed by atoms with Crippen LogP contribution in [0.5, 0.6) is 5.75 Å². The highest BCUT2D eigenvalue weighted by atomic mass is 16.5. The molecule has 0 aliphatic heterocycles. The van der Waals surface area contributed by atoms with Crippen molar-refractivity contribution in [1.82, 2.24) is 25.1 Å². The molecule has 3 aromatic rings. The number of ether oxygens (including phenoxy) is 1. The number of nitrogens with zero attached hydrogens (tertiary/aromatic N) is 4. The molecule has 1 amide bonds. The number of hydrogen-bond donors (Lipinski definition) is 1. The van der Waals surface area contributed by atoms with Crippen LogP contribution >= 0.6 is 0 Å². The van der Waals surface area contributed by atoms with Gasteiger partial charge in [0.25, 0.3) is 11.5 Å². The minimum atomic E-state index is -0.348. The van der Waals surface area contributed by atoms with Crippen molar-refractivity contribution < 1.29 is 9.53 Å². The molecule has 0 aliphatic rings. The number of aromatic nitrogens is 4. The molecule has 0 unspecified atom stereocenters. The fourth-order valence-electron chi connectivity index (χ4n) is 2.61. The molecule has 0 bridgehead atoms. The quantitative estimate of drug-likeness (QED) is 0.702. The van der Waals surface area contributed by atoms with Gasteiger partial charge < -0.3 is 10.1 Å². The number of hydrogen-bond acceptors (Lipinski definition) is 6. The fraction of sp³-hybridized carbons (Fsp3) is 0.250. The van der Waals surface area contributed by atoms with Crippen LogP contribution in [0.3, 0.4) is 0 Å². The number of aryl methyl sites for hydroxylation is 1. The fourth-order valence-corrected chi connectivity index (χ4v) is 2.61. The molecule has 0 aliphatic carbocycles. The van der Waals surface area contributed by atoms with E-state index in [2.05, 4.69) is 20.4 Å². The standard InChI is InChI=1S/C20H21N5O3/c1-13-10-22-18(11-21-13)20(27)23-14(2)12-25-19(26)9-8-17(24-25)15-4-6-16(28-3)7-5-15/h4-11,14H,12H2,1-3H3,(H,23,27)/t14-/m0/s1. The molecule has 8 nitrogen and oxygen atoms in total. The van der Waals surface area contributed by atoms with E-state index in [0.717, 1.165) is 17.0 Å². The summed E-state index contributed by atoms with van der Waals surface area (Å²) in [5.74, 6) is 0.395. The van der Waals surface area contributed by atoms with Crippen LogP contribution in [0.2, 0.25) is 0 Å². The Balaban J connectivity index is 1.73. The highest BCUT2D eigenvalue weighted by Gasteiger charge is 2.13. The first-order valence-electron chi connectivity index (χ1n) is 8.78. The topological polar surface area (TPSA) is 99.0 Å². The first kappa shape index (κ1) is 19.2. The van der Waals surface area contributed by atoms with Gasteiger partial charge in [-0.05, 0) is 44.2 Å². The molecule has 1 aromatic carbocycles. The van der Waals surface area contributed by atoms with E-state index < -0.39 is 0 Å². The van der Waals surface area contributed by atoms with E-state index in [1.165, 1.54) is 23.1 Å². The largest absolute Gasteiger partial charge is 0.497 e. The van der Waals surface area contributed by atoms with Crippen molar-refractivity contribution in [2.45, 2.75) is 26.4 Å². The van der Waals surface area contributed by atoms with Crippen molar-refractivity contribution in [3.8, 4) is 17.0 Å². The van der Waals surface area contributed by atoms with Gasteiger partial charge in [-0.25, -0.2) is 9.67 Å².